The number of aliphatic carboxylic acids is 2. The van der Waals surface area contributed by atoms with E-state index < -0.39 is 17.4 Å². The van der Waals surface area contributed by atoms with E-state index in [-0.39, 0.29) is 71.0 Å². The van der Waals surface area contributed by atoms with Gasteiger partial charge in [0.2, 0.25) is 0 Å². The minimum Gasteiger partial charge on any atom is -0.481 e. The summed E-state index contributed by atoms with van der Waals surface area (Å²) in [5, 5.41) is 17.1. The Labute approximate surface area is 126 Å². The fraction of sp³-hybridized carbons (Fsp3) is 0.750. The van der Waals surface area contributed by atoms with E-state index >= 15 is 0 Å². The Morgan fingerprint density at radius 1 is 1.31 bits per heavy atom. The van der Waals surface area contributed by atoms with E-state index in [0.717, 1.165) is 0 Å². The molecule has 0 aromatic carbocycles. The molecule has 1 unspecified atom stereocenters. The monoisotopic (exact) mass is 259 g/mol. The van der Waals surface area contributed by atoms with Gasteiger partial charge in [-0.2, -0.15) is 0 Å². The van der Waals surface area contributed by atoms with Gasteiger partial charge in [-0.15, -0.1) is 0 Å². The van der Waals surface area contributed by atoms with Gasteiger partial charge in [-0.3, -0.25) is 9.59 Å². The Morgan fingerprint density at radius 2 is 1.77 bits per heavy atom. The van der Waals surface area contributed by atoms with Gasteiger partial charge in [0.25, 0.3) is 0 Å². The van der Waals surface area contributed by atoms with E-state index in [0.29, 0.717) is 6.42 Å². The molecule has 0 fully saturated rings. The average molecular weight is 260 g/mol. The number of hydrogen-bond acceptors (Lipinski definition) is 2. The standard InChI is InChI=1S/C8H14O4.Rb/c1-3-8(2,7(11)12)5-4-6(9)10;/h3-5H2,1-2H3,(H,9,10)(H,11,12);. The Hall–Kier alpha value is 0.745. The second kappa shape index (κ2) is 7.09. The summed E-state index contributed by atoms with van der Waals surface area (Å²) in [6.45, 7) is 3.31. The topological polar surface area (TPSA) is 74.6 Å². The Kier molecular flexibility index (Phi) is 8.83. The van der Waals surface area contributed by atoms with Crippen LogP contribution in [0.5, 0.6) is 0 Å². The first kappa shape index (κ1) is 16.2. The molecule has 0 aliphatic heterocycles. The van der Waals surface area contributed by atoms with Gasteiger partial charge in [0.15, 0.2) is 0 Å². The molecule has 0 amide bonds. The van der Waals surface area contributed by atoms with Gasteiger partial charge in [-0.1, -0.05) is 6.92 Å². The normalized spacial score (nSPS) is 14.0. The van der Waals surface area contributed by atoms with Crippen molar-refractivity contribution < 1.29 is 19.8 Å². The summed E-state index contributed by atoms with van der Waals surface area (Å²) >= 11 is 0. The summed E-state index contributed by atoms with van der Waals surface area (Å²) in [4.78, 5) is 20.9. The first-order chi connectivity index (χ1) is 5.42. The fourth-order valence-corrected chi connectivity index (χ4v) is 0.818. The zero-order valence-corrected chi connectivity index (χ0v) is 13.2. The van der Waals surface area contributed by atoms with E-state index in [4.69, 9.17) is 10.2 Å². The molecule has 0 saturated carbocycles. The van der Waals surface area contributed by atoms with Gasteiger partial charge in [-0.25, -0.2) is 0 Å². The summed E-state index contributed by atoms with van der Waals surface area (Å²) in [6, 6.07) is 0. The van der Waals surface area contributed by atoms with Crippen molar-refractivity contribution >= 4 is 70.1 Å². The molecule has 0 aliphatic carbocycles. The van der Waals surface area contributed by atoms with Gasteiger partial charge in [-0.05, 0) is 19.8 Å². The van der Waals surface area contributed by atoms with Crippen molar-refractivity contribution in [2.45, 2.75) is 33.1 Å². The second-order valence-corrected chi connectivity index (χ2v) is 3.11. The molecule has 13 heavy (non-hydrogen) atoms. The van der Waals surface area contributed by atoms with Crippen LogP contribution in [-0.4, -0.2) is 80.3 Å². The molecule has 0 aromatic rings. The van der Waals surface area contributed by atoms with Gasteiger partial charge in [0.1, 0.15) is 0 Å². The van der Waals surface area contributed by atoms with Crippen molar-refractivity contribution in [1.29, 1.82) is 0 Å². The number of hydrogen-bond donors (Lipinski definition) is 2. The van der Waals surface area contributed by atoms with E-state index in [1.54, 1.807) is 13.8 Å². The van der Waals surface area contributed by atoms with Crippen LogP contribution in [0.2, 0.25) is 0 Å². The van der Waals surface area contributed by atoms with Crippen molar-refractivity contribution in [3.63, 3.8) is 0 Å². The molecule has 71 valence electrons. The van der Waals surface area contributed by atoms with E-state index in [2.05, 4.69) is 0 Å². The maximum absolute atomic E-state index is 10.7. The quantitative estimate of drug-likeness (QED) is 0.772. The average Bonchev–Trinajstić information content (AvgIpc) is 1.99. The summed E-state index contributed by atoms with van der Waals surface area (Å²) in [6.07, 6.45) is 0.556. The largest absolute Gasteiger partial charge is 0.481 e. The van der Waals surface area contributed by atoms with Crippen LogP contribution in [0.4, 0.5) is 0 Å². The summed E-state index contributed by atoms with van der Waals surface area (Å²) in [7, 11) is 0. The zero-order chi connectivity index (χ0) is 9.78. The van der Waals surface area contributed by atoms with Crippen molar-refractivity contribution in [3.8, 4) is 0 Å². The maximum Gasteiger partial charge on any atom is 0.309 e. The van der Waals surface area contributed by atoms with Crippen LogP contribution in [0, 0.1) is 5.41 Å². The Morgan fingerprint density at radius 3 is 2.00 bits per heavy atom. The third-order valence-electron chi connectivity index (χ3n) is 2.19. The van der Waals surface area contributed by atoms with E-state index in [1.165, 1.54) is 0 Å². The van der Waals surface area contributed by atoms with Crippen molar-refractivity contribution in [2.24, 2.45) is 5.41 Å². The summed E-state index contributed by atoms with van der Waals surface area (Å²) in [5.41, 5.74) is -0.890. The maximum atomic E-state index is 10.7. The van der Waals surface area contributed by atoms with Crippen LogP contribution in [-0.2, 0) is 9.59 Å². The first-order valence-corrected chi connectivity index (χ1v) is 3.87. The zero-order valence-electron chi connectivity index (χ0n) is 8.33. The predicted molar refractivity (Wildman–Crippen MR) is 48.7 cm³/mol. The van der Waals surface area contributed by atoms with E-state index in [1.807, 2.05) is 0 Å². The molecular weight excluding hydrogens is 246 g/mol. The molecule has 0 spiro atoms. The van der Waals surface area contributed by atoms with Crippen LogP contribution < -0.4 is 0 Å². The molecule has 0 rings (SSSR count). The number of carboxylic acid groups (broad SMARTS) is 2. The molecule has 0 saturated heterocycles. The molecule has 4 nitrogen and oxygen atoms in total. The minimum absolute atomic E-state index is 0. The number of rotatable bonds is 5. The Bertz CT molecular complexity index is 193. The second-order valence-electron chi connectivity index (χ2n) is 3.11. The van der Waals surface area contributed by atoms with Crippen molar-refractivity contribution in [1.82, 2.24) is 0 Å². The fourth-order valence-electron chi connectivity index (χ4n) is 0.818. The molecule has 1 atom stereocenters. The van der Waals surface area contributed by atoms with Crippen molar-refractivity contribution in [2.75, 3.05) is 0 Å². The number of carbonyl (C=O) groups is 2. The van der Waals surface area contributed by atoms with Crippen LogP contribution in [0.25, 0.3) is 0 Å². The summed E-state index contributed by atoms with van der Waals surface area (Å²) < 4.78 is 0. The molecule has 0 heterocycles. The first-order valence-electron chi connectivity index (χ1n) is 3.87. The van der Waals surface area contributed by atoms with Gasteiger partial charge >= 0.3 is 11.9 Å². The predicted octanol–water partition coefficient (Wildman–Crippen LogP) is 0.971. The molecule has 0 aromatic heterocycles. The van der Waals surface area contributed by atoms with Crippen molar-refractivity contribution in [3.05, 3.63) is 0 Å². The molecule has 2 N–H and O–H groups in total. The van der Waals surface area contributed by atoms with Crippen LogP contribution in [0.1, 0.15) is 33.1 Å². The molecular formula is C8H14O4Rb. The van der Waals surface area contributed by atoms with Crippen LogP contribution in [0.3, 0.4) is 0 Å². The van der Waals surface area contributed by atoms with Gasteiger partial charge in [0.05, 0.1) is 5.41 Å². The summed E-state index contributed by atoms with van der Waals surface area (Å²) in [5.74, 6) is -1.87. The number of carboxylic acids is 2. The smallest absolute Gasteiger partial charge is 0.309 e. The van der Waals surface area contributed by atoms with Gasteiger partial charge in [0, 0.05) is 64.6 Å². The third kappa shape index (κ3) is 5.94. The van der Waals surface area contributed by atoms with E-state index in [9.17, 15) is 9.59 Å². The molecule has 0 aliphatic rings. The Balaban J connectivity index is 0. The third-order valence-corrected chi connectivity index (χ3v) is 2.19. The SMILES string of the molecule is CCC(C)(CCC(=O)O)C(=O)O.[Rb]. The van der Waals surface area contributed by atoms with Crippen LogP contribution in [0.15, 0.2) is 0 Å². The van der Waals surface area contributed by atoms with Crippen LogP contribution >= 0.6 is 0 Å². The molecule has 5 heteroatoms. The minimum atomic E-state index is -0.948. The molecule has 0 bridgehead atoms. The van der Waals surface area contributed by atoms with Gasteiger partial charge < -0.3 is 10.2 Å². The molecule has 1 radical (unpaired) electrons.